The monoisotopic (exact) mass is 555 g/mol. The lowest BCUT2D eigenvalue weighted by atomic mass is 10.1. The second-order valence-electron chi connectivity index (χ2n) is 8.60. The van der Waals surface area contributed by atoms with Gasteiger partial charge in [0.1, 0.15) is 23.3 Å². The number of fused-ring (bicyclic) bond motifs is 1. The zero-order valence-corrected chi connectivity index (χ0v) is 22.9. The summed E-state index contributed by atoms with van der Waals surface area (Å²) in [6.07, 6.45) is 4.13. The fourth-order valence-corrected chi connectivity index (χ4v) is 4.86. The molecule has 2 aromatic carbocycles. The molecule has 2 heterocycles. The van der Waals surface area contributed by atoms with Gasteiger partial charge in [0.05, 0.1) is 5.56 Å². The average molecular weight is 556 g/mol. The van der Waals surface area contributed by atoms with Gasteiger partial charge in [-0.05, 0) is 28.5 Å². The van der Waals surface area contributed by atoms with E-state index in [-0.39, 0.29) is 35.1 Å². The van der Waals surface area contributed by atoms with Gasteiger partial charge < -0.3 is 19.4 Å². The van der Waals surface area contributed by atoms with Crippen LogP contribution >= 0.6 is 11.8 Å². The number of amides is 1. The molecule has 0 bridgehead atoms. The number of nitrogens with zero attached hydrogens (tertiary/aromatic N) is 1. The molecule has 3 aromatic rings. The molecule has 1 aliphatic rings. The Morgan fingerprint density at radius 2 is 1.87 bits per heavy atom. The standard InChI is InChI=1S/C27H25F2N3O3S.C2H6O/c1-2-6-20(13-18-9-10-19(28)14-22(18)29)36-26(30)21-15-32-12-11-31-27(34)23(32)25(24(21)33)35-16-17-7-4-3-5-8-17;1-3-2/h3-10,14-15,30H,2,11-13,16H2,1H3,(H,31,34);1-2H3/b20-6+,30-26?;. The number of ether oxygens (including phenoxy) is 2. The van der Waals surface area contributed by atoms with Crippen LogP contribution < -0.4 is 15.5 Å². The molecule has 2 N–H and O–H groups in total. The van der Waals surface area contributed by atoms with E-state index < -0.39 is 23.0 Å². The number of allylic oxidation sites excluding steroid dienone is 2. The maximum atomic E-state index is 14.2. The van der Waals surface area contributed by atoms with Gasteiger partial charge >= 0.3 is 0 Å². The van der Waals surface area contributed by atoms with Crippen LogP contribution in [0.1, 0.15) is 40.5 Å². The first-order valence-electron chi connectivity index (χ1n) is 12.3. The van der Waals surface area contributed by atoms with Crippen LogP contribution in [0.4, 0.5) is 8.78 Å². The largest absolute Gasteiger partial charge is 0.483 e. The Morgan fingerprint density at radius 3 is 2.54 bits per heavy atom. The highest BCUT2D eigenvalue weighted by molar-refractivity contribution is 8.17. The average Bonchev–Trinajstić information content (AvgIpc) is 2.91. The van der Waals surface area contributed by atoms with Crippen molar-refractivity contribution in [3.63, 3.8) is 0 Å². The van der Waals surface area contributed by atoms with Gasteiger partial charge in [0.15, 0.2) is 11.4 Å². The molecule has 7 nitrogen and oxygen atoms in total. The summed E-state index contributed by atoms with van der Waals surface area (Å²) in [5.41, 5.74) is 0.776. The minimum atomic E-state index is -0.666. The third-order valence-corrected chi connectivity index (χ3v) is 6.60. The number of pyridine rings is 1. The zero-order valence-electron chi connectivity index (χ0n) is 22.1. The third kappa shape index (κ3) is 7.87. The number of carbonyl (C=O) groups is 1. The van der Waals surface area contributed by atoms with Crippen molar-refractivity contribution in [1.82, 2.24) is 9.88 Å². The van der Waals surface area contributed by atoms with E-state index in [4.69, 9.17) is 10.1 Å². The molecule has 1 aliphatic heterocycles. The van der Waals surface area contributed by atoms with Gasteiger partial charge in [-0.3, -0.25) is 15.0 Å². The highest BCUT2D eigenvalue weighted by atomic mass is 32.2. The van der Waals surface area contributed by atoms with Crippen LogP contribution in [0.25, 0.3) is 0 Å². The number of thioether (sulfide) groups is 1. The highest BCUT2D eigenvalue weighted by Gasteiger charge is 2.27. The van der Waals surface area contributed by atoms with Crippen LogP contribution in [-0.4, -0.2) is 36.3 Å². The first-order chi connectivity index (χ1) is 18.8. The maximum Gasteiger partial charge on any atom is 0.272 e. The van der Waals surface area contributed by atoms with Gasteiger partial charge in [0.25, 0.3) is 5.91 Å². The van der Waals surface area contributed by atoms with E-state index in [0.717, 1.165) is 23.4 Å². The van der Waals surface area contributed by atoms with E-state index in [0.29, 0.717) is 30.0 Å². The summed E-state index contributed by atoms with van der Waals surface area (Å²) in [7, 11) is 3.25. The molecular weight excluding hydrogens is 524 g/mol. The molecule has 39 heavy (non-hydrogen) atoms. The van der Waals surface area contributed by atoms with Crippen molar-refractivity contribution in [3.05, 3.63) is 110 Å². The summed E-state index contributed by atoms with van der Waals surface area (Å²) in [6.45, 7) is 2.81. The lowest BCUT2D eigenvalue weighted by Gasteiger charge is -2.23. The normalized spacial score (nSPS) is 12.6. The molecule has 0 aliphatic carbocycles. The predicted octanol–water partition coefficient (Wildman–Crippen LogP) is 5.31. The molecule has 0 fully saturated rings. The molecule has 1 aromatic heterocycles. The quantitative estimate of drug-likeness (QED) is 0.290. The molecular formula is C29H31F2N3O4S. The lowest BCUT2D eigenvalue weighted by Crippen LogP contribution is -2.39. The molecule has 1 amide bonds. The van der Waals surface area contributed by atoms with Crippen LogP contribution in [0.2, 0.25) is 0 Å². The van der Waals surface area contributed by atoms with E-state index in [1.165, 1.54) is 18.3 Å². The Hall–Kier alpha value is -3.76. The molecule has 0 saturated heterocycles. The van der Waals surface area contributed by atoms with Crippen LogP contribution in [0.15, 0.2) is 70.5 Å². The van der Waals surface area contributed by atoms with E-state index in [1.54, 1.807) is 18.8 Å². The number of nitrogens with one attached hydrogen (secondary N) is 2. The molecule has 0 unspecified atom stereocenters. The van der Waals surface area contributed by atoms with Gasteiger partial charge in [-0.1, -0.05) is 61.2 Å². The van der Waals surface area contributed by atoms with Crippen molar-refractivity contribution in [3.8, 4) is 5.75 Å². The van der Waals surface area contributed by atoms with Gasteiger partial charge in [0, 0.05) is 46.0 Å². The van der Waals surface area contributed by atoms with Gasteiger partial charge in [0.2, 0.25) is 5.43 Å². The summed E-state index contributed by atoms with van der Waals surface area (Å²) in [5, 5.41) is 11.4. The number of rotatable bonds is 8. The zero-order chi connectivity index (χ0) is 28.4. The van der Waals surface area contributed by atoms with Crippen molar-refractivity contribution in [2.75, 3.05) is 20.8 Å². The number of carbonyl (C=O) groups excluding carboxylic acids is 1. The summed E-state index contributed by atoms with van der Waals surface area (Å²) < 4.78 is 39.3. The van der Waals surface area contributed by atoms with Gasteiger partial charge in [-0.25, -0.2) is 8.78 Å². The molecule has 0 spiro atoms. The second-order valence-corrected chi connectivity index (χ2v) is 9.74. The molecule has 0 saturated carbocycles. The SMILES string of the molecule is CC/C=C(\Cc1ccc(F)cc1F)SC(=N)c1cn2c(c(OCc3ccccc3)c1=O)C(=O)NCC2.COC. The van der Waals surface area contributed by atoms with Crippen LogP contribution in [0, 0.1) is 17.0 Å². The van der Waals surface area contributed by atoms with Crippen molar-refractivity contribution >= 4 is 22.7 Å². The smallest absolute Gasteiger partial charge is 0.272 e. The number of benzene rings is 2. The summed E-state index contributed by atoms with van der Waals surface area (Å²) in [5.74, 6) is -1.84. The van der Waals surface area contributed by atoms with Gasteiger partial charge in [-0.2, -0.15) is 0 Å². The molecule has 4 rings (SSSR count). The molecule has 0 radical (unpaired) electrons. The Labute approximate surface area is 230 Å². The number of halogens is 2. The Kier molecular flexibility index (Phi) is 11.0. The number of hydrogen-bond donors (Lipinski definition) is 2. The highest BCUT2D eigenvalue weighted by Crippen LogP contribution is 2.28. The van der Waals surface area contributed by atoms with E-state index >= 15 is 0 Å². The van der Waals surface area contributed by atoms with E-state index in [2.05, 4.69) is 10.1 Å². The van der Waals surface area contributed by atoms with Crippen molar-refractivity contribution in [2.45, 2.75) is 32.9 Å². The third-order valence-electron chi connectivity index (χ3n) is 5.61. The van der Waals surface area contributed by atoms with Crippen molar-refractivity contribution in [2.24, 2.45) is 0 Å². The fourth-order valence-electron chi connectivity index (χ4n) is 3.86. The number of aromatic nitrogens is 1. The fraction of sp³-hybridized carbons (Fsp3) is 0.276. The predicted molar refractivity (Wildman–Crippen MR) is 150 cm³/mol. The number of hydrogen-bond acceptors (Lipinski definition) is 6. The molecule has 10 heteroatoms. The number of methoxy groups -OCH3 is 1. The van der Waals surface area contributed by atoms with Crippen LogP contribution in [0.5, 0.6) is 5.75 Å². The lowest BCUT2D eigenvalue weighted by molar-refractivity contribution is 0.0919. The Bertz CT molecular complexity index is 1410. The first-order valence-corrected chi connectivity index (χ1v) is 13.1. The van der Waals surface area contributed by atoms with E-state index in [1.807, 2.05) is 43.3 Å². The summed E-state index contributed by atoms with van der Waals surface area (Å²) in [6, 6.07) is 12.7. The second kappa shape index (κ2) is 14.4. The first kappa shape index (κ1) is 29.8. The Morgan fingerprint density at radius 1 is 1.15 bits per heavy atom. The Balaban J connectivity index is 0.00000134. The van der Waals surface area contributed by atoms with Crippen LogP contribution in [-0.2, 0) is 24.3 Å². The minimum Gasteiger partial charge on any atom is -0.483 e. The van der Waals surface area contributed by atoms with Crippen LogP contribution in [0.3, 0.4) is 0 Å². The molecule has 206 valence electrons. The van der Waals surface area contributed by atoms with Crippen molar-refractivity contribution in [1.29, 1.82) is 5.41 Å². The maximum absolute atomic E-state index is 14.2. The molecule has 0 atom stereocenters. The van der Waals surface area contributed by atoms with E-state index in [9.17, 15) is 18.4 Å². The van der Waals surface area contributed by atoms with Crippen molar-refractivity contribution < 1.29 is 23.0 Å². The van der Waals surface area contributed by atoms with Gasteiger partial charge in [-0.15, -0.1) is 0 Å². The minimum absolute atomic E-state index is 0.0481. The summed E-state index contributed by atoms with van der Waals surface area (Å²) >= 11 is 1.03. The topological polar surface area (TPSA) is 93.4 Å². The summed E-state index contributed by atoms with van der Waals surface area (Å²) in [4.78, 5) is 26.7.